The number of nitrogens with zero attached hydrogens (tertiary/aromatic N) is 2. The van der Waals surface area contributed by atoms with Gasteiger partial charge in [0.25, 0.3) is 0 Å². The Balaban J connectivity index is 1.47. The minimum Gasteiger partial charge on any atom is -0.504 e. The van der Waals surface area contributed by atoms with Crippen molar-refractivity contribution in [3.8, 4) is 11.8 Å². The number of hydrogen-bond acceptors (Lipinski definition) is 3. The van der Waals surface area contributed by atoms with Crippen LogP contribution < -0.4 is 4.90 Å². The van der Waals surface area contributed by atoms with Crippen molar-refractivity contribution in [2.24, 2.45) is 10.9 Å². The molecule has 0 saturated carbocycles. The second-order valence-electron chi connectivity index (χ2n) is 8.29. The fourth-order valence-corrected chi connectivity index (χ4v) is 4.62. The van der Waals surface area contributed by atoms with Crippen molar-refractivity contribution in [2.75, 3.05) is 26.2 Å². The van der Waals surface area contributed by atoms with Gasteiger partial charge in [0.15, 0.2) is 5.60 Å². The van der Waals surface area contributed by atoms with Gasteiger partial charge in [-0.05, 0) is 24.2 Å². The molecule has 2 N–H and O–H groups in total. The van der Waals surface area contributed by atoms with E-state index < -0.39 is 5.60 Å². The van der Waals surface area contributed by atoms with Gasteiger partial charge in [0.2, 0.25) is 0 Å². The van der Waals surface area contributed by atoms with Crippen LogP contribution in [-0.2, 0) is 6.42 Å². The van der Waals surface area contributed by atoms with E-state index in [1.54, 1.807) is 0 Å². The third kappa shape index (κ3) is 3.37. The van der Waals surface area contributed by atoms with Gasteiger partial charge in [-0.15, -0.1) is 0 Å². The standard InChI is InChI=1S/C24H24N3O/c28-24(17-27-12-9-21(24)10-13-27)11-8-19-6-7-22(20-15-25-16-20)26-23(19)14-18-4-2-1-3-5-18/h1-7,20-21,28H,9-10,12-15,17H2/q-1/p+1/t20?,24-/m1/s1. The Hall–Kier alpha value is -2.48. The Bertz CT molecular complexity index is 951. The highest BCUT2D eigenvalue weighted by Crippen LogP contribution is 2.28. The van der Waals surface area contributed by atoms with E-state index in [9.17, 15) is 5.11 Å². The van der Waals surface area contributed by atoms with Crippen LogP contribution in [0.15, 0.2) is 47.5 Å². The Kier molecular flexibility index (Phi) is 4.50. The van der Waals surface area contributed by atoms with Crippen LogP contribution in [0.2, 0.25) is 0 Å². The molecule has 2 bridgehead atoms. The maximum Gasteiger partial charge on any atom is 0.177 e. The predicted octanol–water partition coefficient (Wildman–Crippen LogP) is 1.11. The first-order valence-electron chi connectivity index (χ1n) is 10.2. The quantitative estimate of drug-likeness (QED) is 0.627. The van der Waals surface area contributed by atoms with Crippen LogP contribution in [0.5, 0.6) is 0 Å². The zero-order valence-corrected chi connectivity index (χ0v) is 16.0. The molecule has 2 aromatic rings. The van der Waals surface area contributed by atoms with Crippen LogP contribution in [-0.4, -0.2) is 48.1 Å². The lowest BCUT2D eigenvalue weighted by Crippen LogP contribution is -3.17. The summed E-state index contributed by atoms with van der Waals surface area (Å²) in [4.78, 5) is 10.5. The molecule has 6 rings (SSSR count). The Morgan fingerprint density at radius 3 is 2.57 bits per heavy atom. The smallest absolute Gasteiger partial charge is 0.177 e. The molecule has 1 unspecified atom stereocenters. The highest BCUT2D eigenvalue weighted by Gasteiger charge is 2.47. The number of benzene rings is 1. The molecule has 1 aromatic heterocycles. The number of hydrogen-bond donors (Lipinski definition) is 2. The molecule has 2 atom stereocenters. The molecule has 28 heavy (non-hydrogen) atoms. The first-order chi connectivity index (χ1) is 13.7. The molecule has 0 amide bonds. The molecule has 4 aliphatic heterocycles. The van der Waals surface area contributed by atoms with Crippen LogP contribution in [0.4, 0.5) is 0 Å². The lowest BCUT2D eigenvalue weighted by Gasteiger charge is -2.44. The van der Waals surface area contributed by atoms with Crippen molar-refractivity contribution < 1.29 is 10.0 Å². The van der Waals surface area contributed by atoms with E-state index in [0.717, 1.165) is 49.3 Å². The minimum absolute atomic E-state index is 0.200. The van der Waals surface area contributed by atoms with Crippen LogP contribution >= 0.6 is 0 Å². The van der Waals surface area contributed by atoms with Gasteiger partial charge in [-0.2, -0.15) is 0 Å². The van der Waals surface area contributed by atoms with Crippen molar-refractivity contribution in [2.45, 2.75) is 30.8 Å². The molecular formula is C24H25N3O. The predicted molar refractivity (Wildman–Crippen MR) is 109 cm³/mol. The van der Waals surface area contributed by atoms with Gasteiger partial charge >= 0.3 is 0 Å². The second kappa shape index (κ2) is 7.16. The third-order valence-electron chi connectivity index (χ3n) is 6.39. The van der Waals surface area contributed by atoms with E-state index in [0.29, 0.717) is 5.92 Å². The number of aliphatic imine (C=N–C) groups is 1. The van der Waals surface area contributed by atoms with E-state index >= 15 is 0 Å². The van der Waals surface area contributed by atoms with Crippen LogP contribution in [0.1, 0.15) is 41.3 Å². The molecule has 4 aliphatic rings. The number of quaternary nitrogens is 1. The van der Waals surface area contributed by atoms with E-state index in [1.807, 2.05) is 12.1 Å². The maximum atomic E-state index is 11.2. The van der Waals surface area contributed by atoms with Gasteiger partial charge < -0.3 is 21.2 Å². The summed E-state index contributed by atoms with van der Waals surface area (Å²) in [6.45, 7) is 3.85. The Labute approximate surface area is 166 Å². The van der Waals surface area contributed by atoms with E-state index in [1.165, 1.54) is 23.6 Å². The summed E-state index contributed by atoms with van der Waals surface area (Å²) in [6.07, 6.45) is 5.95. The molecule has 4 heteroatoms. The Morgan fingerprint density at radius 2 is 1.93 bits per heavy atom. The summed E-state index contributed by atoms with van der Waals surface area (Å²) in [5, 5.41) is 11.2. The topological polar surface area (TPSA) is 49.9 Å². The van der Waals surface area contributed by atoms with Gasteiger partial charge in [-0.25, -0.2) is 0 Å². The largest absolute Gasteiger partial charge is 0.504 e. The van der Waals surface area contributed by atoms with Crippen molar-refractivity contribution in [1.29, 1.82) is 0 Å². The minimum atomic E-state index is -0.858. The zero-order valence-electron chi connectivity index (χ0n) is 16.0. The van der Waals surface area contributed by atoms with E-state index in [4.69, 9.17) is 4.98 Å². The maximum absolute atomic E-state index is 11.2. The molecule has 0 radical (unpaired) electrons. The summed E-state index contributed by atoms with van der Waals surface area (Å²) in [6, 6.07) is 14.5. The molecule has 0 spiro atoms. The number of nitrogens with one attached hydrogen (secondary N) is 1. The lowest BCUT2D eigenvalue weighted by molar-refractivity contribution is -0.923. The molecule has 1 aromatic carbocycles. The van der Waals surface area contributed by atoms with Gasteiger partial charge in [-0.1, -0.05) is 48.1 Å². The summed E-state index contributed by atoms with van der Waals surface area (Å²) in [7, 11) is 0. The van der Waals surface area contributed by atoms with Crippen molar-refractivity contribution >= 4 is 6.21 Å². The molecule has 4 nitrogen and oxygen atoms in total. The van der Waals surface area contributed by atoms with Crippen molar-refractivity contribution in [3.63, 3.8) is 0 Å². The molecular weight excluding hydrogens is 346 g/mol. The highest BCUT2D eigenvalue weighted by molar-refractivity contribution is 5.72. The highest BCUT2D eigenvalue weighted by atomic mass is 16.3. The fourth-order valence-electron chi connectivity index (χ4n) is 4.62. The summed E-state index contributed by atoms with van der Waals surface area (Å²) in [5.74, 6) is 7.08. The number of rotatable bonds is 3. The Morgan fingerprint density at radius 1 is 1.14 bits per heavy atom. The normalized spacial score (nSPS) is 30.4. The average molecular weight is 371 g/mol. The van der Waals surface area contributed by atoms with Gasteiger partial charge in [0.05, 0.1) is 18.8 Å². The van der Waals surface area contributed by atoms with E-state index in [-0.39, 0.29) is 5.92 Å². The van der Waals surface area contributed by atoms with Crippen molar-refractivity contribution in [3.05, 3.63) is 65.0 Å². The van der Waals surface area contributed by atoms with Gasteiger partial charge in [-0.3, -0.25) is 4.98 Å². The van der Waals surface area contributed by atoms with E-state index in [2.05, 4.69) is 53.4 Å². The lowest BCUT2D eigenvalue weighted by atomic mass is 9.75. The number of piperidine rings is 3. The van der Waals surface area contributed by atoms with Crippen LogP contribution in [0, 0.1) is 17.8 Å². The fraction of sp³-hybridized carbons (Fsp3) is 0.417. The van der Waals surface area contributed by atoms with Gasteiger partial charge in [0, 0.05) is 36.4 Å². The average Bonchev–Trinajstić information content (AvgIpc) is 2.68. The number of pyridine rings is 1. The van der Waals surface area contributed by atoms with Crippen LogP contribution in [0.3, 0.4) is 0 Å². The number of fused-ring (bicyclic) bond motifs is 3. The first kappa shape index (κ1) is 17.6. The molecule has 3 saturated heterocycles. The first-order valence-corrected chi connectivity index (χ1v) is 10.2. The zero-order chi connectivity index (χ0) is 19.0. The second-order valence-corrected chi connectivity index (χ2v) is 8.29. The van der Waals surface area contributed by atoms with Crippen molar-refractivity contribution in [1.82, 2.24) is 4.98 Å². The number of aromatic nitrogens is 1. The summed E-state index contributed by atoms with van der Waals surface area (Å²) in [5.41, 5.74) is 3.26. The van der Waals surface area contributed by atoms with Crippen LogP contribution in [0.25, 0.3) is 0 Å². The number of aliphatic hydroxyl groups is 1. The molecule has 5 heterocycles. The molecule has 142 valence electrons. The SMILES string of the molecule is O[C@]1(C#Cc2ccc(C3[C-]=NC3)nc2Cc2ccccc2)C[NH+]2CCC1CC2. The van der Waals surface area contributed by atoms with Gasteiger partial charge in [0.1, 0.15) is 6.54 Å². The molecule has 0 aliphatic carbocycles. The monoisotopic (exact) mass is 371 g/mol. The summed E-state index contributed by atoms with van der Waals surface area (Å²) < 4.78 is 0. The third-order valence-corrected chi connectivity index (χ3v) is 6.39. The summed E-state index contributed by atoms with van der Waals surface area (Å²) >= 11 is 0. The molecule has 3 fully saturated rings.